The van der Waals surface area contributed by atoms with Crippen molar-refractivity contribution in [3.63, 3.8) is 0 Å². The minimum Gasteiger partial charge on any atom is -0.381 e. The second-order valence-corrected chi connectivity index (χ2v) is 7.31. The molecule has 3 rings (SSSR count). The fourth-order valence-electron chi connectivity index (χ4n) is 3.55. The molecule has 5 heteroatoms. The van der Waals surface area contributed by atoms with Crippen LogP contribution >= 0.6 is 11.8 Å². The zero-order chi connectivity index (χ0) is 13.6. The van der Waals surface area contributed by atoms with Crippen molar-refractivity contribution in [2.24, 2.45) is 5.92 Å². The Bertz CT molecular complexity index is 275. The molecule has 3 heterocycles. The van der Waals surface area contributed by atoms with Crippen LogP contribution in [0.2, 0.25) is 0 Å². The zero-order valence-corrected chi connectivity index (χ0v) is 13.2. The molecule has 3 aliphatic rings. The molecule has 1 N–H and O–H groups in total. The highest BCUT2D eigenvalue weighted by atomic mass is 32.2. The second kappa shape index (κ2) is 7.99. The summed E-state index contributed by atoms with van der Waals surface area (Å²) < 4.78 is 11.1. The Morgan fingerprint density at radius 1 is 1.15 bits per heavy atom. The molecule has 0 radical (unpaired) electrons. The number of nitrogens with one attached hydrogen (secondary N) is 1. The predicted molar refractivity (Wildman–Crippen MR) is 83.5 cm³/mol. The lowest BCUT2D eigenvalue weighted by Crippen LogP contribution is -2.53. The Morgan fingerprint density at radius 3 is 2.75 bits per heavy atom. The lowest BCUT2D eigenvalue weighted by molar-refractivity contribution is 0.000894. The molecule has 116 valence electrons. The Balaban J connectivity index is 1.53. The van der Waals surface area contributed by atoms with Crippen molar-refractivity contribution in [3.8, 4) is 0 Å². The average Bonchev–Trinajstić information content (AvgIpc) is 3.04. The smallest absolute Gasteiger partial charge is 0.0594 e. The van der Waals surface area contributed by atoms with Gasteiger partial charge in [-0.3, -0.25) is 4.90 Å². The number of hydrogen-bond donors (Lipinski definition) is 1. The van der Waals surface area contributed by atoms with Crippen LogP contribution in [-0.4, -0.2) is 74.6 Å². The van der Waals surface area contributed by atoms with E-state index in [4.69, 9.17) is 9.47 Å². The van der Waals surface area contributed by atoms with Crippen molar-refractivity contribution in [2.45, 2.75) is 31.3 Å². The van der Waals surface area contributed by atoms with Crippen molar-refractivity contribution in [3.05, 3.63) is 0 Å². The van der Waals surface area contributed by atoms with Gasteiger partial charge in [0.2, 0.25) is 0 Å². The quantitative estimate of drug-likeness (QED) is 0.825. The van der Waals surface area contributed by atoms with E-state index in [1.54, 1.807) is 0 Å². The lowest BCUT2D eigenvalue weighted by atomic mass is 9.96. The van der Waals surface area contributed by atoms with E-state index in [-0.39, 0.29) is 0 Å². The van der Waals surface area contributed by atoms with Crippen molar-refractivity contribution >= 4 is 11.8 Å². The molecule has 0 saturated carbocycles. The molecule has 3 aliphatic heterocycles. The molecule has 4 nitrogen and oxygen atoms in total. The van der Waals surface area contributed by atoms with Gasteiger partial charge in [0, 0.05) is 50.0 Å². The van der Waals surface area contributed by atoms with Gasteiger partial charge >= 0.3 is 0 Å². The molecule has 0 aromatic carbocycles. The van der Waals surface area contributed by atoms with Crippen LogP contribution in [0.1, 0.15) is 19.3 Å². The van der Waals surface area contributed by atoms with Crippen LogP contribution in [-0.2, 0) is 9.47 Å². The normalized spacial score (nSPS) is 34.2. The van der Waals surface area contributed by atoms with E-state index in [0.717, 1.165) is 52.1 Å². The summed E-state index contributed by atoms with van der Waals surface area (Å²) >= 11 is 2.10. The van der Waals surface area contributed by atoms with Gasteiger partial charge in [0.15, 0.2) is 0 Å². The minimum absolute atomic E-state index is 0.633. The Morgan fingerprint density at radius 2 is 2.05 bits per heavy atom. The Kier molecular flexibility index (Phi) is 6.03. The third-order valence-electron chi connectivity index (χ3n) is 4.80. The van der Waals surface area contributed by atoms with Crippen LogP contribution in [0.25, 0.3) is 0 Å². The van der Waals surface area contributed by atoms with Gasteiger partial charge in [-0.1, -0.05) is 0 Å². The highest BCUT2D eigenvalue weighted by Gasteiger charge is 2.31. The SMILES string of the molecule is C1CSCC(NCC(C2CCOC2)N2CCOCC2)C1. The van der Waals surface area contributed by atoms with Gasteiger partial charge in [-0.05, 0) is 25.0 Å². The topological polar surface area (TPSA) is 33.7 Å². The van der Waals surface area contributed by atoms with Crippen molar-refractivity contribution < 1.29 is 9.47 Å². The number of nitrogens with zero attached hydrogens (tertiary/aromatic N) is 1. The number of morpholine rings is 1. The highest BCUT2D eigenvalue weighted by Crippen LogP contribution is 2.23. The molecular weight excluding hydrogens is 272 g/mol. The first-order valence-corrected chi connectivity index (χ1v) is 9.29. The molecular formula is C15H28N2O2S. The second-order valence-electron chi connectivity index (χ2n) is 6.16. The van der Waals surface area contributed by atoms with E-state index < -0.39 is 0 Å². The molecule has 3 unspecified atom stereocenters. The number of hydrogen-bond acceptors (Lipinski definition) is 5. The average molecular weight is 300 g/mol. The van der Waals surface area contributed by atoms with Crippen molar-refractivity contribution in [1.29, 1.82) is 0 Å². The van der Waals surface area contributed by atoms with Gasteiger partial charge in [0.05, 0.1) is 19.8 Å². The number of rotatable bonds is 5. The molecule has 3 atom stereocenters. The summed E-state index contributed by atoms with van der Waals surface area (Å²) in [6.07, 6.45) is 3.95. The first-order chi connectivity index (χ1) is 9.93. The molecule has 20 heavy (non-hydrogen) atoms. The maximum atomic E-state index is 5.63. The maximum Gasteiger partial charge on any atom is 0.0594 e. The summed E-state index contributed by atoms with van der Waals surface area (Å²) in [4.78, 5) is 2.63. The Hall–Kier alpha value is 0.190. The largest absolute Gasteiger partial charge is 0.381 e. The van der Waals surface area contributed by atoms with Crippen LogP contribution in [0, 0.1) is 5.92 Å². The van der Waals surface area contributed by atoms with Crippen LogP contribution in [0.15, 0.2) is 0 Å². The first-order valence-electron chi connectivity index (χ1n) is 8.14. The van der Waals surface area contributed by atoms with E-state index in [1.165, 1.54) is 30.8 Å². The summed E-state index contributed by atoms with van der Waals surface area (Å²) in [5.74, 6) is 3.34. The predicted octanol–water partition coefficient (Wildman–Crippen LogP) is 1.21. The van der Waals surface area contributed by atoms with Gasteiger partial charge in [-0.2, -0.15) is 11.8 Å². The fraction of sp³-hybridized carbons (Fsp3) is 1.00. The molecule has 0 aromatic heterocycles. The maximum absolute atomic E-state index is 5.63. The van der Waals surface area contributed by atoms with E-state index in [9.17, 15) is 0 Å². The van der Waals surface area contributed by atoms with Gasteiger partial charge in [-0.25, -0.2) is 0 Å². The van der Waals surface area contributed by atoms with Crippen LogP contribution in [0.4, 0.5) is 0 Å². The number of ether oxygens (including phenoxy) is 2. The van der Waals surface area contributed by atoms with Gasteiger partial charge < -0.3 is 14.8 Å². The van der Waals surface area contributed by atoms with E-state index >= 15 is 0 Å². The summed E-state index contributed by atoms with van der Waals surface area (Å²) in [6, 6.07) is 1.35. The van der Waals surface area contributed by atoms with Crippen LogP contribution in [0.5, 0.6) is 0 Å². The fourth-order valence-corrected chi connectivity index (χ4v) is 4.65. The van der Waals surface area contributed by atoms with Gasteiger partial charge in [0.1, 0.15) is 0 Å². The monoisotopic (exact) mass is 300 g/mol. The summed E-state index contributed by atoms with van der Waals surface area (Å²) in [5.41, 5.74) is 0. The molecule has 0 spiro atoms. The zero-order valence-electron chi connectivity index (χ0n) is 12.4. The third kappa shape index (κ3) is 4.10. The summed E-state index contributed by atoms with van der Waals surface area (Å²) in [6.45, 7) is 6.98. The Labute approximate surface area is 126 Å². The molecule has 3 fully saturated rings. The molecule has 0 amide bonds. The molecule has 0 aromatic rings. The van der Waals surface area contributed by atoms with Crippen LogP contribution in [0.3, 0.4) is 0 Å². The third-order valence-corrected chi connectivity index (χ3v) is 6.02. The van der Waals surface area contributed by atoms with Crippen molar-refractivity contribution in [1.82, 2.24) is 10.2 Å². The summed E-state index contributed by atoms with van der Waals surface area (Å²) in [5, 5.41) is 3.84. The first kappa shape index (κ1) is 15.1. The van der Waals surface area contributed by atoms with E-state index in [2.05, 4.69) is 22.0 Å². The molecule has 3 saturated heterocycles. The molecule has 0 bridgehead atoms. The lowest BCUT2D eigenvalue weighted by Gasteiger charge is -2.38. The molecule has 0 aliphatic carbocycles. The summed E-state index contributed by atoms with van der Waals surface area (Å²) in [7, 11) is 0. The van der Waals surface area contributed by atoms with Crippen molar-refractivity contribution in [2.75, 3.05) is 57.6 Å². The highest BCUT2D eigenvalue weighted by molar-refractivity contribution is 7.99. The van der Waals surface area contributed by atoms with E-state index in [0.29, 0.717) is 12.0 Å². The number of thioether (sulfide) groups is 1. The minimum atomic E-state index is 0.633. The standard InChI is InChI=1S/C15H28N2O2S/c1-2-14(12-20-9-1)16-10-15(13-3-6-19-11-13)17-4-7-18-8-5-17/h13-16H,1-12H2. The van der Waals surface area contributed by atoms with Crippen LogP contribution < -0.4 is 5.32 Å². The van der Waals surface area contributed by atoms with E-state index in [1.807, 2.05) is 0 Å². The van der Waals surface area contributed by atoms with Gasteiger partial charge in [0.25, 0.3) is 0 Å². The van der Waals surface area contributed by atoms with Gasteiger partial charge in [-0.15, -0.1) is 0 Å².